The Hall–Kier alpha value is 0.700. The number of hydrogen-bond donors (Lipinski definition) is 2. The lowest BCUT2D eigenvalue weighted by atomic mass is 10.0. The molecule has 102 heavy (non-hydrogen) atoms. The van der Waals surface area contributed by atoms with Crippen molar-refractivity contribution < 1.29 is 0 Å². The van der Waals surface area contributed by atoms with E-state index in [1.54, 1.807) is 0 Å². The van der Waals surface area contributed by atoms with Crippen LogP contribution in [0.25, 0.3) is 0 Å². The lowest BCUT2D eigenvalue weighted by molar-refractivity contribution is 0.505. The van der Waals surface area contributed by atoms with Gasteiger partial charge in [0.15, 0.2) is 0 Å². The highest BCUT2D eigenvalue weighted by Crippen LogP contribution is 2.24. The SMILES string of the molecule is CCCCCCCCCCCCCCCCCCCCCCCCCCCCCCCCCCCCCCCCCCCCCCCCCCCCCCCCCCCCCCCCCCCCCCCCCCCCCCCCCCCC(S)CCCCCCCCCCCCCCCCS. The van der Waals surface area contributed by atoms with Gasteiger partial charge in [-0.1, -0.05) is 610 Å². The summed E-state index contributed by atoms with van der Waals surface area (Å²) in [4.78, 5) is 0. The van der Waals surface area contributed by atoms with E-state index < -0.39 is 0 Å². The van der Waals surface area contributed by atoms with Crippen LogP contribution in [0.15, 0.2) is 0 Å². The molecule has 614 valence electrons. The van der Waals surface area contributed by atoms with Crippen LogP contribution in [0, 0.1) is 0 Å². The largest absolute Gasteiger partial charge is 0.179 e. The molecular weight excluding hydrogens is 1270 g/mol. The van der Waals surface area contributed by atoms with Gasteiger partial charge in [0.05, 0.1) is 0 Å². The smallest absolute Gasteiger partial charge is 0.00168 e. The molecule has 1 atom stereocenters. The number of thiol groups is 2. The highest BCUT2D eigenvalue weighted by atomic mass is 32.1. The summed E-state index contributed by atoms with van der Waals surface area (Å²) < 4.78 is 0. The fourth-order valence-corrected chi connectivity index (χ4v) is 17.8. The van der Waals surface area contributed by atoms with Crippen molar-refractivity contribution in [3.8, 4) is 0 Å². The minimum absolute atomic E-state index is 0.652. The minimum Gasteiger partial charge on any atom is -0.179 e. The van der Waals surface area contributed by atoms with E-state index in [4.69, 9.17) is 12.6 Å². The molecule has 0 aromatic carbocycles. The van der Waals surface area contributed by atoms with Crippen LogP contribution in [0.4, 0.5) is 0 Å². The van der Waals surface area contributed by atoms with Crippen LogP contribution >= 0.6 is 25.3 Å². The summed E-state index contributed by atoms with van der Waals surface area (Å²) in [6, 6.07) is 0. The second kappa shape index (κ2) is 99.7. The Bertz CT molecular complexity index is 1360. The Balaban J connectivity index is 3.11. The number of unbranched alkanes of at least 4 members (excludes halogenated alkanes) is 93. The molecule has 0 aliphatic heterocycles. The summed E-state index contributed by atoms with van der Waals surface area (Å²) in [5, 5.41) is 0.652. The first-order valence-corrected chi connectivity index (χ1v) is 51.2. The fourth-order valence-electron chi connectivity index (χ4n) is 17.2. The van der Waals surface area contributed by atoms with Crippen molar-refractivity contribution in [2.75, 3.05) is 5.75 Å². The maximum Gasteiger partial charge on any atom is 0.00168 e. The van der Waals surface area contributed by atoms with E-state index in [1.165, 1.54) is 623 Å². The third kappa shape index (κ3) is 98.7. The van der Waals surface area contributed by atoms with Gasteiger partial charge in [0, 0.05) is 5.25 Å². The van der Waals surface area contributed by atoms with Gasteiger partial charge in [0.2, 0.25) is 0 Å². The first-order chi connectivity index (χ1) is 50.8. The molecule has 0 aromatic heterocycles. The molecule has 0 heterocycles. The number of rotatable bonds is 98. The molecule has 0 aliphatic carbocycles. The molecule has 2 heteroatoms. The first kappa shape index (κ1) is 103. The van der Waals surface area contributed by atoms with E-state index >= 15 is 0 Å². The lowest BCUT2D eigenvalue weighted by Gasteiger charge is -2.10. The molecule has 0 aliphatic rings. The molecule has 0 spiro atoms. The summed E-state index contributed by atoms with van der Waals surface area (Å²) in [6.45, 7) is 2.32. The Morgan fingerprint density at radius 1 is 0.118 bits per heavy atom. The van der Waals surface area contributed by atoms with E-state index in [0.717, 1.165) is 5.75 Å². The standard InChI is InChI=1S/C100H202S2/c1-2-3-4-5-6-7-8-9-10-11-12-13-14-15-16-17-18-19-20-21-22-23-24-25-26-27-28-29-30-31-32-33-34-35-36-37-38-39-40-41-42-43-44-45-46-47-48-49-50-51-52-53-54-55-56-57-58-59-60-61-62-63-64-65-66-67-68-69-70-71-72-73-74-75-76-79-82-85-88-91-94-97-100(102)98-95-92-89-86-83-80-77-78-81-84-87-90-93-96-99-101/h100-102H,2-99H2,1H3. The van der Waals surface area contributed by atoms with Crippen LogP contribution in [-0.4, -0.2) is 11.0 Å². The molecule has 0 radical (unpaired) electrons. The zero-order valence-electron chi connectivity index (χ0n) is 71.8. The quantitative estimate of drug-likeness (QED) is 0.0440. The van der Waals surface area contributed by atoms with Gasteiger partial charge in [-0.3, -0.25) is 0 Å². The third-order valence-electron chi connectivity index (χ3n) is 24.6. The molecule has 0 aromatic rings. The summed E-state index contributed by atoms with van der Waals surface area (Å²) in [5.41, 5.74) is 0. The Morgan fingerprint density at radius 3 is 0.284 bits per heavy atom. The van der Waals surface area contributed by atoms with Crippen LogP contribution in [0.2, 0.25) is 0 Å². The molecule has 0 fully saturated rings. The maximum atomic E-state index is 4.94. The lowest BCUT2D eigenvalue weighted by Crippen LogP contribution is -1.98. The molecule has 0 bridgehead atoms. The van der Waals surface area contributed by atoms with E-state index in [1.807, 2.05) is 0 Å². The Kier molecular flexibility index (Phi) is 100. The van der Waals surface area contributed by atoms with Gasteiger partial charge in [-0.15, -0.1) is 0 Å². The van der Waals surface area contributed by atoms with Crippen LogP contribution in [0.1, 0.15) is 630 Å². The Morgan fingerprint density at radius 2 is 0.196 bits per heavy atom. The van der Waals surface area contributed by atoms with Gasteiger partial charge in [-0.05, 0) is 25.0 Å². The minimum atomic E-state index is 0.652. The van der Waals surface area contributed by atoms with Gasteiger partial charge < -0.3 is 0 Å². The average Bonchev–Trinajstić information content (AvgIpc) is 3.83. The maximum absolute atomic E-state index is 4.94. The van der Waals surface area contributed by atoms with E-state index in [9.17, 15) is 0 Å². The Labute approximate surface area is 661 Å². The monoisotopic (exact) mass is 1470 g/mol. The van der Waals surface area contributed by atoms with Gasteiger partial charge in [0.1, 0.15) is 0 Å². The van der Waals surface area contributed by atoms with Crippen molar-refractivity contribution in [1.82, 2.24) is 0 Å². The molecule has 0 saturated carbocycles. The van der Waals surface area contributed by atoms with Crippen LogP contribution < -0.4 is 0 Å². The predicted molar refractivity (Wildman–Crippen MR) is 480 cm³/mol. The second-order valence-electron chi connectivity index (χ2n) is 35.2. The molecule has 0 nitrogen and oxygen atoms in total. The molecule has 1 unspecified atom stereocenters. The molecule has 0 N–H and O–H groups in total. The predicted octanol–water partition coefficient (Wildman–Crippen LogP) is 39.1. The van der Waals surface area contributed by atoms with Crippen molar-refractivity contribution in [1.29, 1.82) is 0 Å². The third-order valence-corrected chi connectivity index (χ3v) is 25.4. The normalized spacial score (nSPS) is 12.1. The van der Waals surface area contributed by atoms with Gasteiger partial charge in [-0.2, -0.15) is 25.3 Å². The van der Waals surface area contributed by atoms with Crippen molar-refractivity contribution in [2.24, 2.45) is 0 Å². The van der Waals surface area contributed by atoms with Crippen LogP contribution in [0.3, 0.4) is 0 Å². The molecule has 0 saturated heterocycles. The van der Waals surface area contributed by atoms with Crippen molar-refractivity contribution in [3.63, 3.8) is 0 Å². The number of hydrogen-bond acceptors (Lipinski definition) is 2. The summed E-state index contributed by atoms with van der Waals surface area (Å²) in [5.74, 6) is 1.06. The average molecular weight is 1470 g/mol. The molecule has 0 rings (SSSR count). The van der Waals surface area contributed by atoms with Crippen molar-refractivity contribution in [2.45, 2.75) is 635 Å². The van der Waals surface area contributed by atoms with Gasteiger partial charge >= 0.3 is 0 Å². The van der Waals surface area contributed by atoms with Gasteiger partial charge in [0.25, 0.3) is 0 Å². The summed E-state index contributed by atoms with van der Waals surface area (Å²) in [6.07, 6.45) is 143. The van der Waals surface area contributed by atoms with E-state index in [2.05, 4.69) is 19.6 Å². The second-order valence-corrected chi connectivity index (χ2v) is 36.4. The fraction of sp³-hybridized carbons (Fsp3) is 1.00. The summed E-state index contributed by atoms with van der Waals surface area (Å²) in [7, 11) is 0. The summed E-state index contributed by atoms with van der Waals surface area (Å²) >= 11 is 9.26. The highest BCUT2D eigenvalue weighted by molar-refractivity contribution is 7.81. The van der Waals surface area contributed by atoms with Crippen molar-refractivity contribution >= 4 is 25.3 Å². The van der Waals surface area contributed by atoms with E-state index in [0.29, 0.717) is 5.25 Å². The topological polar surface area (TPSA) is 0 Å². The zero-order chi connectivity index (χ0) is 72.9. The van der Waals surface area contributed by atoms with Crippen LogP contribution in [-0.2, 0) is 0 Å². The van der Waals surface area contributed by atoms with E-state index in [-0.39, 0.29) is 0 Å². The first-order valence-electron chi connectivity index (χ1n) is 50.1. The highest BCUT2D eigenvalue weighted by Gasteiger charge is 2.06. The molecule has 0 amide bonds. The zero-order valence-corrected chi connectivity index (χ0v) is 73.6. The van der Waals surface area contributed by atoms with Crippen LogP contribution in [0.5, 0.6) is 0 Å². The molecular formula is C100H202S2. The van der Waals surface area contributed by atoms with Crippen molar-refractivity contribution in [3.05, 3.63) is 0 Å². The van der Waals surface area contributed by atoms with Gasteiger partial charge in [-0.25, -0.2) is 0 Å².